The first-order valence-electron chi connectivity index (χ1n) is 9.48. The fourth-order valence-corrected chi connectivity index (χ4v) is 6.00. The van der Waals surface area contributed by atoms with Crippen LogP contribution in [-0.4, -0.2) is 38.3 Å². The summed E-state index contributed by atoms with van der Waals surface area (Å²) in [6, 6.07) is 12.4. The van der Waals surface area contributed by atoms with E-state index in [9.17, 15) is 17.6 Å². The molecule has 0 unspecified atom stereocenters. The smallest absolute Gasteiger partial charge is 0.242 e. The quantitative estimate of drug-likeness (QED) is 0.777. The number of nitrogens with one attached hydrogen (secondary N) is 1. The Balaban J connectivity index is 1.57. The average Bonchev–Trinajstić information content (AvgIpc) is 3.50. The molecule has 2 aromatic carbocycles. The van der Waals surface area contributed by atoms with Gasteiger partial charge in [-0.2, -0.15) is 0 Å². The number of halogens is 2. The molecule has 0 spiro atoms. The Kier molecular flexibility index (Phi) is 5.40. The normalized spacial score (nSPS) is 23.4. The van der Waals surface area contributed by atoms with Crippen LogP contribution in [0.3, 0.4) is 0 Å². The van der Waals surface area contributed by atoms with Gasteiger partial charge in [-0.05, 0) is 49.1 Å². The molecule has 1 aliphatic heterocycles. The molecule has 1 saturated carbocycles. The van der Waals surface area contributed by atoms with Gasteiger partial charge in [-0.3, -0.25) is 4.79 Å². The molecule has 2 fully saturated rings. The number of rotatable bonds is 5. The minimum absolute atomic E-state index is 0.0464. The zero-order valence-electron chi connectivity index (χ0n) is 15.6. The van der Waals surface area contributed by atoms with Gasteiger partial charge in [0, 0.05) is 25.2 Å². The van der Waals surface area contributed by atoms with Crippen molar-refractivity contribution < 1.29 is 22.3 Å². The van der Waals surface area contributed by atoms with E-state index in [1.165, 1.54) is 24.3 Å². The number of ether oxygens (including phenoxy) is 1. The average molecular weight is 438 g/mol. The third-order valence-electron chi connectivity index (χ3n) is 5.76. The van der Waals surface area contributed by atoms with Crippen LogP contribution in [-0.2, 0) is 19.4 Å². The summed E-state index contributed by atoms with van der Waals surface area (Å²) in [7, 11) is -3.90. The van der Waals surface area contributed by atoms with Crippen LogP contribution < -0.4 is 5.32 Å². The molecule has 0 bridgehead atoms. The molecular weight excluding hydrogens is 417 g/mol. The van der Waals surface area contributed by atoms with Crippen molar-refractivity contribution in [3.8, 4) is 0 Å². The zero-order chi connectivity index (χ0) is 20.6. The topological polar surface area (TPSA) is 72.5 Å². The lowest BCUT2D eigenvalue weighted by molar-refractivity contribution is -0.126. The van der Waals surface area contributed by atoms with E-state index >= 15 is 0 Å². The standard InChI is InChI=1S/C21H21ClFNO4S/c22-17-7-6-14(12-18(17)23)16-13-19(16)24-20(25)21(8-10-28-11-9-21)29(26,27)15-4-2-1-3-5-15/h1-7,12,16,19H,8-11,13H2,(H,24,25)/t16-,19+/m0/s1. The van der Waals surface area contributed by atoms with Crippen molar-refractivity contribution in [2.75, 3.05) is 13.2 Å². The Morgan fingerprint density at radius 2 is 1.83 bits per heavy atom. The highest BCUT2D eigenvalue weighted by Gasteiger charge is 2.54. The largest absolute Gasteiger partial charge is 0.381 e. The lowest BCUT2D eigenvalue weighted by Crippen LogP contribution is -2.56. The van der Waals surface area contributed by atoms with E-state index in [0.717, 1.165) is 5.56 Å². The summed E-state index contributed by atoms with van der Waals surface area (Å²) < 4.78 is 44.3. The van der Waals surface area contributed by atoms with Crippen LogP contribution in [0.5, 0.6) is 0 Å². The Bertz CT molecular complexity index is 1020. The van der Waals surface area contributed by atoms with Crippen LogP contribution >= 0.6 is 11.6 Å². The number of carbonyl (C=O) groups is 1. The van der Waals surface area contributed by atoms with Gasteiger partial charge in [0.05, 0.1) is 9.92 Å². The molecule has 2 atom stereocenters. The highest BCUT2D eigenvalue weighted by Crippen LogP contribution is 2.43. The highest BCUT2D eigenvalue weighted by molar-refractivity contribution is 7.93. The van der Waals surface area contributed by atoms with E-state index in [2.05, 4.69) is 5.32 Å². The molecule has 0 radical (unpaired) electrons. The highest BCUT2D eigenvalue weighted by atomic mass is 35.5. The molecule has 8 heteroatoms. The van der Waals surface area contributed by atoms with Gasteiger partial charge in [-0.25, -0.2) is 12.8 Å². The SMILES string of the molecule is O=C(N[C@@H]1C[C@H]1c1ccc(Cl)c(F)c1)C1(S(=O)(=O)c2ccccc2)CCOCC1. The van der Waals surface area contributed by atoms with E-state index in [0.29, 0.717) is 6.42 Å². The van der Waals surface area contributed by atoms with Crippen molar-refractivity contribution in [2.24, 2.45) is 0 Å². The van der Waals surface area contributed by atoms with Crippen molar-refractivity contribution in [3.05, 3.63) is 64.9 Å². The lowest BCUT2D eigenvalue weighted by Gasteiger charge is -2.35. The Labute approximate surface area is 174 Å². The van der Waals surface area contributed by atoms with Crippen LogP contribution in [0.4, 0.5) is 4.39 Å². The van der Waals surface area contributed by atoms with Crippen LogP contribution in [0.25, 0.3) is 0 Å². The minimum atomic E-state index is -3.90. The monoisotopic (exact) mass is 437 g/mol. The first-order valence-corrected chi connectivity index (χ1v) is 11.3. The lowest BCUT2D eigenvalue weighted by atomic mass is 9.98. The first-order chi connectivity index (χ1) is 13.8. The summed E-state index contributed by atoms with van der Waals surface area (Å²) in [5.41, 5.74) is 0.740. The first kappa shape index (κ1) is 20.3. The summed E-state index contributed by atoms with van der Waals surface area (Å²) in [6.07, 6.45) is 0.830. The summed E-state index contributed by atoms with van der Waals surface area (Å²) >= 11 is 5.73. The third-order valence-corrected chi connectivity index (χ3v) is 8.58. The second kappa shape index (κ2) is 7.70. The van der Waals surface area contributed by atoms with Crippen molar-refractivity contribution in [3.63, 3.8) is 0 Å². The molecule has 1 N–H and O–H groups in total. The summed E-state index contributed by atoms with van der Waals surface area (Å²) in [5.74, 6) is -1.07. The number of sulfone groups is 1. The molecule has 0 aromatic heterocycles. The van der Waals surface area contributed by atoms with Gasteiger partial charge in [-0.15, -0.1) is 0 Å². The summed E-state index contributed by atoms with van der Waals surface area (Å²) in [5, 5.41) is 2.94. The van der Waals surface area contributed by atoms with Gasteiger partial charge in [0.1, 0.15) is 5.82 Å². The van der Waals surface area contributed by atoms with Gasteiger partial charge in [0.15, 0.2) is 14.6 Å². The molecule has 29 heavy (non-hydrogen) atoms. The Morgan fingerprint density at radius 1 is 1.14 bits per heavy atom. The number of hydrogen-bond donors (Lipinski definition) is 1. The molecule has 1 amide bonds. The Hall–Kier alpha value is -1.96. The number of hydrogen-bond acceptors (Lipinski definition) is 4. The van der Waals surface area contributed by atoms with Gasteiger partial charge >= 0.3 is 0 Å². The van der Waals surface area contributed by atoms with Crippen LogP contribution in [0, 0.1) is 5.82 Å². The fourth-order valence-electron chi connectivity index (χ4n) is 3.91. The van der Waals surface area contributed by atoms with E-state index in [-0.39, 0.29) is 47.9 Å². The summed E-state index contributed by atoms with van der Waals surface area (Å²) in [4.78, 5) is 13.4. The van der Waals surface area contributed by atoms with Crippen molar-refractivity contribution in [1.82, 2.24) is 5.32 Å². The molecule has 4 rings (SSSR count). The molecule has 1 heterocycles. The molecule has 2 aliphatic rings. The van der Waals surface area contributed by atoms with Crippen LogP contribution in [0.1, 0.15) is 30.7 Å². The molecule has 5 nitrogen and oxygen atoms in total. The number of benzene rings is 2. The maximum absolute atomic E-state index is 13.7. The predicted molar refractivity (Wildman–Crippen MR) is 107 cm³/mol. The second-order valence-electron chi connectivity index (χ2n) is 7.52. The van der Waals surface area contributed by atoms with Gasteiger partial charge in [-0.1, -0.05) is 35.9 Å². The molecular formula is C21H21ClFNO4S. The van der Waals surface area contributed by atoms with Crippen molar-refractivity contribution in [2.45, 2.75) is 40.9 Å². The maximum atomic E-state index is 13.7. The van der Waals surface area contributed by atoms with E-state index in [1.807, 2.05) is 0 Å². The van der Waals surface area contributed by atoms with Crippen molar-refractivity contribution in [1.29, 1.82) is 0 Å². The predicted octanol–water partition coefficient (Wildman–Crippen LogP) is 3.47. The third kappa shape index (κ3) is 3.67. The van der Waals surface area contributed by atoms with Crippen molar-refractivity contribution >= 4 is 27.3 Å². The molecule has 1 aliphatic carbocycles. The van der Waals surface area contributed by atoms with Crippen LogP contribution in [0.2, 0.25) is 5.02 Å². The van der Waals surface area contributed by atoms with E-state index in [1.54, 1.807) is 24.3 Å². The van der Waals surface area contributed by atoms with Crippen LogP contribution in [0.15, 0.2) is 53.4 Å². The second-order valence-corrected chi connectivity index (χ2v) is 10.2. The number of amides is 1. The summed E-state index contributed by atoms with van der Waals surface area (Å²) in [6.45, 7) is 0.409. The van der Waals surface area contributed by atoms with E-state index < -0.39 is 26.3 Å². The van der Waals surface area contributed by atoms with Gasteiger partial charge in [0.2, 0.25) is 5.91 Å². The molecule has 1 saturated heterocycles. The van der Waals surface area contributed by atoms with Gasteiger partial charge < -0.3 is 10.1 Å². The Morgan fingerprint density at radius 3 is 2.48 bits per heavy atom. The fraction of sp³-hybridized carbons (Fsp3) is 0.381. The van der Waals surface area contributed by atoms with E-state index in [4.69, 9.17) is 16.3 Å². The zero-order valence-corrected chi connectivity index (χ0v) is 17.2. The molecule has 154 valence electrons. The van der Waals surface area contributed by atoms with Gasteiger partial charge in [0.25, 0.3) is 0 Å². The molecule has 2 aromatic rings. The maximum Gasteiger partial charge on any atom is 0.242 e. The minimum Gasteiger partial charge on any atom is -0.381 e. The number of carbonyl (C=O) groups excluding carboxylic acids is 1.